The predicted octanol–water partition coefficient (Wildman–Crippen LogP) is 4.67. The van der Waals surface area contributed by atoms with Crippen LogP contribution in [0.25, 0.3) is 5.65 Å². The summed E-state index contributed by atoms with van der Waals surface area (Å²) < 4.78 is 2.04. The van der Waals surface area contributed by atoms with Crippen LogP contribution < -0.4 is 10.6 Å². The van der Waals surface area contributed by atoms with Crippen molar-refractivity contribution in [3.8, 4) is 0 Å². The quantitative estimate of drug-likeness (QED) is 0.137. The zero-order valence-electron chi connectivity index (χ0n) is 18.9. The van der Waals surface area contributed by atoms with E-state index in [1.54, 1.807) is 0 Å². The van der Waals surface area contributed by atoms with Gasteiger partial charge in [0, 0.05) is 38.7 Å². The van der Waals surface area contributed by atoms with E-state index in [0.29, 0.717) is 5.92 Å². The van der Waals surface area contributed by atoms with Crippen molar-refractivity contribution >= 4 is 35.6 Å². The van der Waals surface area contributed by atoms with Crippen LogP contribution in [0, 0.1) is 0 Å². The number of rotatable bonds is 9. The van der Waals surface area contributed by atoms with Gasteiger partial charge in [0.1, 0.15) is 5.82 Å². The third-order valence-corrected chi connectivity index (χ3v) is 5.61. The molecule has 6 nitrogen and oxygen atoms in total. The Morgan fingerprint density at radius 3 is 2.15 bits per heavy atom. The molecule has 0 radical (unpaired) electrons. The monoisotopic (exact) mass is 554 g/mol. The number of hydrogen-bond acceptors (Lipinski definition) is 3. The molecule has 4 rings (SSSR count). The van der Waals surface area contributed by atoms with Crippen LogP contribution >= 0.6 is 24.0 Å². The van der Waals surface area contributed by atoms with Crippen molar-refractivity contribution in [2.45, 2.75) is 25.2 Å². The molecule has 4 aromatic rings. The number of nitrogens with one attached hydrogen (secondary N) is 2. The van der Waals surface area contributed by atoms with Crippen LogP contribution in [0.15, 0.2) is 90.1 Å². The Hall–Kier alpha value is -2.94. The van der Waals surface area contributed by atoms with Gasteiger partial charge in [-0.2, -0.15) is 0 Å². The summed E-state index contributed by atoms with van der Waals surface area (Å²) in [5.41, 5.74) is 3.56. The third-order valence-electron chi connectivity index (χ3n) is 5.61. The number of aromatic nitrogens is 3. The number of pyridine rings is 1. The van der Waals surface area contributed by atoms with Crippen LogP contribution in [-0.2, 0) is 6.42 Å². The number of fused-ring (bicyclic) bond motifs is 1. The van der Waals surface area contributed by atoms with E-state index in [4.69, 9.17) is 0 Å². The Labute approximate surface area is 212 Å². The molecule has 33 heavy (non-hydrogen) atoms. The van der Waals surface area contributed by atoms with Crippen LogP contribution in [0.1, 0.15) is 35.7 Å². The SMILES string of the molecule is CN=C(NCCCc1nnc2ccccn12)NCCC(c1ccccc1)c1ccccc1.I. The highest BCUT2D eigenvalue weighted by molar-refractivity contribution is 14.0. The summed E-state index contributed by atoms with van der Waals surface area (Å²) >= 11 is 0. The van der Waals surface area contributed by atoms with Crippen LogP contribution in [0.2, 0.25) is 0 Å². The molecule has 2 aromatic carbocycles. The van der Waals surface area contributed by atoms with Gasteiger partial charge in [0.25, 0.3) is 0 Å². The maximum atomic E-state index is 4.38. The van der Waals surface area contributed by atoms with Crippen LogP contribution in [0.5, 0.6) is 0 Å². The molecule has 172 valence electrons. The van der Waals surface area contributed by atoms with E-state index in [1.807, 2.05) is 35.8 Å². The lowest BCUT2D eigenvalue weighted by Gasteiger charge is -2.19. The molecule has 0 aliphatic heterocycles. The van der Waals surface area contributed by atoms with Crippen molar-refractivity contribution in [1.29, 1.82) is 0 Å². The van der Waals surface area contributed by atoms with Crippen molar-refractivity contribution in [3.63, 3.8) is 0 Å². The van der Waals surface area contributed by atoms with Gasteiger partial charge in [0.05, 0.1) is 0 Å². The maximum Gasteiger partial charge on any atom is 0.190 e. The molecule has 0 aliphatic carbocycles. The molecule has 0 unspecified atom stereocenters. The summed E-state index contributed by atoms with van der Waals surface area (Å²) in [6, 6.07) is 27.3. The zero-order chi connectivity index (χ0) is 22.0. The van der Waals surface area contributed by atoms with Gasteiger partial charge in [0.2, 0.25) is 0 Å². The molecule has 0 bridgehead atoms. The Balaban J connectivity index is 0.00000306. The van der Waals surface area contributed by atoms with E-state index >= 15 is 0 Å². The van der Waals surface area contributed by atoms with E-state index in [1.165, 1.54) is 11.1 Å². The summed E-state index contributed by atoms with van der Waals surface area (Å²) in [5.74, 6) is 2.17. The van der Waals surface area contributed by atoms with E-state index < -0.39 is 0 Å². The molecule has 0 spiro atoms. The van der Waals surface area contributed by atoms with Crippen LogP contribution in [0.4, 0.5) is 0 Å². The maximum absolute atomic E-state index is 4.38. The molecule has 0 saturated heterocycles. The number of guanidine groups is 1. The first-order valence-corrected chi connectivity index (χ1v) is 11.2. The van der Waals surface area contributed by atoms with Crippen LogP contribution in [-0.4, -0.2) is 40.7 Å². The van der Waals surface area contributed by atoms with Crippen molar-refractivity contribution in [2.24, 2.45) is 4.99 Å². The molecular weight excluding hydrogens is 523 g/mol. The van der Waals surface area contributed by atoms with E-state index in [-0.39, 0.29) is 24.0 Å². The lowest BCUT2D eigenvalue weighted by atomic mass is 9.88. The van der Waals surface area contributed by atoms with Gasteiger partial charge in [-0.1, -0.05) is 66.7 Å². The van der Waals surface area contributed by atoms with Crippen molar-refractivity contribution in [1.82, 2.24) is 25.2 Å². The lowest BCUT2D eigenvalue weighted by Crippen LogP contribution is -2.38. The molecule has 2 heterocycles. The second-order valence-electron chi connectivity index (χ2n) is 7.74. The van der Waals surface area contributed by atoms with Gasteiger partial charge in [0.15, 0.2) is 11.6 Å². The van der Waals surface area contributed by atoms with Gasteiger partial charge in [-0.05, 0) is 36.1 Å². The third kappa shape index (κ3) is 6.77. The number of benzene rings is 2. The van der Waals surface area contributed by atoms with Crippen molar-refractivity contribution in [3.05, 3.63) is 102 Å². The summed E-state index contributed by atoms with van der Waals surface area (Å²) in [7, 11) is 1.81. The second-order valence-corrected chi connectivity index (χ2v) is 7.74. The molecule has 0 saturated carbocycles. The molecular formula is C26H31IN6. The first-order chi connectivity index (χ1) is 15.8. The number of halogens is 1. The predicted molar refractivity (Wildman–Crippen MR) is 145 cm³/mol. The molecule has 0 fully saturated rings. The highest BCUT2D eigenvalue weighted by Gasteiger charge is 2.13. The van der Waals surface area contributed by atoms with E-state index in [0.717, 1.165) is 49.8 Å². The minimum Gasteiger partial charge on any atom is -0.356 e. The zero-order valence-corrected chi connectivity index (χ0v) is 21.2. The molecule has 2 N–H and O–H groups in total. The normalized spacial score (nSPS) is 11.4. The summed E-state index contributed by atoms with van der Waals surface area (Å²) in [4.78, 5) is 4.38. The first kappa shape index (κ1) is 24.7. The van der Waals surface area contributed by atoms with Gasteiger partial charge in [-0.15, -0.1) is 34.2 Å². The fraction of sp³-hybridized carbons (Fsp3) is 0.269. The Bertz CT molecular complexity index is 1090. The molecule has 7 heteroatoms. The Kier molecular flexibility index (Phi) is 9.68. The van der Waals surface area contributed by atoms with Gasteiger partial charge >= 0.3 is 0 Å². The second kappa shape index (κ2) is 12.9. The van der Waals surface area contributed by atoms with Crippen LogP contribution in [0.3, 0.4) is 0 Å². The lowest BCUT2D eigenvalue weighted by molar-refractivity contribution is 0.669. The Morgan fingerprint density at radius 2 is 1.48 bits per heavy atom. The van der Waals surface area contributed by atoms with Gasteiger partial charge < -0.3 is 10.6 Å². The molecule has 0 atom stereocenters. The van der Waals surface area contributed by atoms with Crippen molar-refractivity contribution in [2.75, 3.05) is 20.1 Å². The topological polar surface area (TPSA) is 66.6 Å². The largest absolute Gasteiger partial charge is 0.356 e. The minimum absolute atomic E-state index is 0. The number of aryl methyl sites for hydroxylation is 1. The highest BCUT2D eigenvalue weighted by atomic mass is 127. The smallest absolute Gasteiger partial charge is 0.190 e. The van der Waals surface area contributed by atoms with E-state index in [9.17, 15) is 0 Å². The average Bonchev–Trinajstić information content (AvgIpc) is 3.27. The summed E-state index contributed by atoms with van der Waals surface area (Å²) in [6.07, 6.45) is 4.81. The number of nitrogens with zero attached hydrogens (tertiary/aromatic N) is 4. The van der Waals surface area contributed by atoms with Crippen molar-refractivity contribution < 1.29 is 0 Å². The average molecular weight is 554 g/mol. The number of hydrogen-bond donors (Lipinski definition) is 2. The molecule has 0 aliphatic rings. The fourth-order valence-electron chi connectivity index (χ4n) is 3.97. The fourth-order valence-corrected chi connectivity index (χ4v) is 3.97. The minimum atomic E-state index is 0. The number of aliphatic imine (C=N–C) groups is 1. The first-order valence-electron chi connectivity index (χ1n) is 11.2. The standard InChI is InChI=1S/C26H30N6.HI/c1-27-26(28-18-10-16-25-31-30-24-15-8-9-20-32(24)25)29-19-17-23(21-11-4-2-5-12-21)22-13-6-3-7-14-22;/h2-9,11-15,20,23H,10,16-19H2,1H3,(H2,27,28,29);1H. The van der Waals surface area contributed by atoms with Gasteiger partial charge in [-0.3, -0.25) is 9.39 Å². The Morgan fingerprint density at radius 1 is 0.848 bits per heavy atom. The summed E-state index contributed by atoms with van der Waals surface area (Å²) in [5, 5.41) is 15.4. The summed E-state index contributed by atoms with van der Waals surface area (Å²) in [6.45, 7) is 1.66. The van der Waals surface area contributed by atoms with Gasteiger partial charge in [-0.25, -0.2) is 0 Å². The highest BCUT2D eigenvalue weighted by Crippen LogP contribution is 2.27. The molecule has 0 amide bonds. The van der Waals surface area contributed by atoms with E-state index in [2.05, 4.69) is 86.5 Å². The molecule has 2 aromatic heterocycles.